The number of likely N-dealkylation sites (tertiary alicyclic amines) is 1. The average molecular weight is 365 g/mol. The van der Waals surface area contributed by atoms with Gasteiger partial charge in [-0.25, -0.2) is 14.0 Å². The predicted octanol–water partition coefficient (Wildman–Crippen LogP) is 3.44. The number of urea groups is 1. The number of hydrogen-bond donors (Lipinski definition) is 2. The molecule has 1 aromatic rings. The van der Waals surface area contributed by atoms with Gasteiger partial charge in [0.1, 0.15) is 5.82 Å². The quantitative estimate of drug-likeness (QED) is 0.840. The number of benzene rings is 1. The molecule has 3 amide bonds. The van der Waals surface area contributed by atoms with Gasteiger partial charge < -0.3 is 20.3 Å². The zero-order valence-electron chi connectivity index (χ0n) is 15.6. The first-order valence-electron chi connectivity index (χ1n) is 9.15. The highest BCUT2D eigenvalue weighted by atomic mass is 19.1. The summed E-state index contributed by atoms with van der Waals surface area (Å²) in [5.41, 5.74) is 0.869. The van der Waals surface area contributed by atoms with Gasteiger partial charge in [0.2, 0.25) is 0 Å². The van der Waals surface area contributed by atoms with Crippen LogP contribution in [-0.4, -0.2) is 42.8 Å². The van der Waals surface area contributed by atoms with Crippen molar-refractivity contribution in [1.29, 1.82) is 0 Å². The zero-order chi connectivity index (χ0) is 19.1. The highest BCUT2D eigenvalue weighted by Gasteiger charge is 2.25. The fourth-order valence-corrected chi connectivity index (χ4v) is 3.09. The van der Waals surface area contributed by atoms with E-state index in [9.17, 15) is 14.0 Å². The van der Waals surface area contributed by atoms with Crippen LogP contribution < -0.4 is 10.6 Å². The number of rotatable bonds is 5. The van der Waals surface area contributed by atoms with Gasteiger partial charge in [-0.3, -0.25) is 0 Å². The van der Waals surface area contributed by atoms with Crippen molar-refractivity contribution in [3.8, 4) is 0 Å². The maximum absolute atomic E-state index is 13.1. The van der Waals surface area contributed by atoms with Crippen LogP contribution in [0.25, 0.3) is 0 Å². The summed E-state index contributed by atoms with van der Waals surface area (Å²) in [4.78, 5) is 25.8. The molecule has 1 fully saturated rings. The van der Waals surface area contributed by atoms with Gasteiger partial charge in [-0.05, 0) is 43.4 Å². The van der Waals surface area contributed by atoms with E-state index in [4.69, 9.17) is 4.74 Å². The van der Waals surface area contributed by atoms with Crippen molar-refractivity contribution in [2.24, 2.45) is 5.92 Å². The maximum Gasteiger partial charge on any atom is 0.409 e. The molecular weight excluding hydrogens is 337 g/mol. The molecule has 0 aromatic heterocycles. The number of amides is 3. The standard InChI is InChI=1S/C19H28FN3O3/c1-4-26-19(25)23-11-9-16(10-12-23)21-18(24)22-17(13(2)3)14-5-7-15(20)8-6-14/h5-8,13,16-17H,4,9-12H2,1-3H3,(H2,21,22,24). The molecule has 1 atom stereocenters. The van der Waals surface area contributed by atoms with E-state index in [1.165, 1.54) is 12.1 Å². The molecule has 0 bridgehead atoms. The number of ether oxygens (including phenoxy) is 1. The lowest BCUT2D eigenvalue weighted by molar-refractivity contribution is 0.0956. The number of halogens is 1. The third-order valence-corrected chi connectivity index (χ3v) is 4.54. The molecule has 1 unspecified atom stereocenters. The summed E-state index contributed by atoms with van der Waals surface area (Å²) in [7, 11) is 0. The van der Waals surface area contributed by atoms with Gasteiger partial charge >= 0.3 is 12.1 Å². The summed E-state index contributed by atoms with van der Waals surface area (Å²) in [6.07, 6.45) is 1.08. The minimum atomic E-state index is -0.299. The van der Waals surface area contributed by atoms with E-state index in [2.05, 4.69) is 10.6 Å². The fourth-order valence-electron chi connectivity index (χ4n) is 3.09. The molecule has 1 aliphatic rings. The third-order valence-electron chi connectivity index (χ3n) is 4.54. The normalized spacial score (nSPS) is 16.3. The second kappa shape index (κ2) is 9.40. The molecule has 1 heterocycles. The average Bonchev–Trinajstić information content (AvgIpc) is 2.61. The van der Waals surface area contributed by atoms with E-state index in [1.807, 2.05) is 13.8 Å². The molecule has 0 aliphatic carbocycles. The Bertz CT molecular complexity index is 599. The van der Waals surface area contributed by atoms with E-state index >= 15 is 0 Å². The number of piperidine rings is 1. The monoisotopic (exact) mass is 365 g/mol. The molecule has 6 nitrogen and oxygen atoms in total. The van der Waals surface area contributed by atoms with Crippen LogP contribution in [0.3, 0.4) is 0 Å². The molecule has 1 saturated heterocycles. The van der Waals surface area contributed by atoms with Crippen LogP contribution in [0.5, 0.6) is 0 Å². The molecule has 2 rings (SSSR count). The summed E-state index contributed by atoms with van der Waals surface area (Å²) < 4.78 is 18.1. The van der Waals surface area contributed by atoms with E-state index in [1.54, 1.807) is 24.0 Å². The molecule has 1 aliphatic heterocycles. The van der Waals surface area contributed by atoms with Crippen LogP contribution in [0.2, 0.25) is 0 Å². The number of hydrogen-bond acceptors (Lipinski definition) is 3. The van der Waals surface area contributed by atoms with Crippen LogP contribution in [0.1, 0.15) is 45.2 Å². The van der Waals surface area contributed by atoms with Crippen LogP contribution in [0.15, 0.2) is 24.3 Å². The summed E-state index contributed by atoms with van der Waals surface area (Å²) in [6.45, 7) is 7.28. The van der Waals surface area contributed by atoms with Gasteiger partial charge in [0.05, 0.1) is 12.6 Å². The van der Waals surface area contributed by atoms with Crippen LogP contribution in [0.4, 0.5) is 14.0 Å². The minimum Gasteiger partial charge on any atom is -0.450 e. The largest absolute Gasteiger partial charge is 0.450 e. The lowest BCUT2D eigenvalue weighted by Gasteiger charge is -2.32. The first-order valence-corrected chi connectivity index (χ1v) is 9.15. The lowest BCUT2D eigenvalue weighted by atomic mass is 9.96. The number of nitrogens with zero attached hydrogens (tertiary/aromatic N) is 1. The van der Waals surface area contributed by atoms with Crippen LogP contribution in [-0.2, 0) is 4.74 Å². The Morgan fingerprint density at radius 1 is 1.23 bits per heavy atom. The molecule has 7 heteroatoms. The molecule has 0 saturated carbocycles. The van der Waals surface area contributed by atoms with Gasteiger partial charge in [-0.15, -0.1) is 0 Å². The lowest BCUT2D eigenvalue weighted by Crippen LogP contribution is -2.50. The zero-order valence-corrected chi connectivity index (χ0v) is 15.6. The van der Waals surface area contributed by atoms with Crippen molar-refractivity contribution >= 4 is 12.1 Å². The maximum atomic E-state index is 13.1. The Kier molecular flexibility index (Phi) is 7.24. The van der Waals surface area contributed by atoms with E-state index in [0.29, 0.717) is 32.5 Å². The SMILES string of the molecule is CCOC(=O)N1CCC(NC(=O)NC(c2ccc(F)cc2)C(C)C)CC1. The van der Waals surface area contributed by atoms with Crippen molar-refractivity contribution in [2.75, 3.05) is 19.7 Å². The molecule has 1 aromatic carbocycles. The third kappa shape index (κ3) is 5.61. The van der Waals surface area contributed by atoms with Crippen molar-refractivity contribution < 1.29 is 18.7 Å². The van der Waals surface area contributed by atoms with E-state index < -0.39 is 0 Å². The summed E-state index contributed by atoms with van der Waals surface area (Å²) in [6, 6.07) is 5.75. The predicted molar refractivity (Wildman–Crippen MR) is 97.3 cm³/mol. The minimum absolute atomic E-state index is 0.0155. The fraction of sp³-hybridized carbons (Fsp3) is 0.579. The molecular formula is C19H28FN3O3. The highest BCUT2D eigenvalue weighted by molar-refractivity contribution is 5.75. The summed E-state index contributed by atoms with van der Waals surface area (Å²) in [5, 5.41) is 5.95. The number of carbonyl (C=O) groups is 2. The van der Waals surface area contributed by atoms with Crippen molar-refractivity contribution in [2.45, 2.75) is 45.7 Å². The first kappa shape index (κ1) is 20.0. The van der Waals surface area contributed by atoms with Gasteiger partial charge in [0.15, 0.2) is 0 Å². The number of nitrogens with one attached hydrogen (secondary N) is 2. The number of carbonyl (C=O) groups excluding carboxylic acids is 2. The highest BCUT2D eigenvalue weighted by Crippen LogP contribution is 2.22. The Labute approximate surface area is 154 Å². The van der Waals surface area contributed by atoms with Crippen molar-refractivity contribution in [3.63, 3.8) is 0 Å². The molecule has 0 spiro atoms. The molecule has 2 N–H and O–H groups in total. The molecule has 26 heavy (non-hydrogen) atoms. The Morgan fingerprint density at radius 3 is 2.38 bits per heavy atom. The Balaban J connectivity index is 1.85. The van der Waals surface area contributed by atoms with Gasteiger partial charge in [0, 0.05) is 19.1 Å². The Morgan fingerprint density at radius 2 is 1.85 bits per heavy atom. The van der Waals surface area contributed by atoms with E-state index in [-0.39, 0.29) is 35.9 Å². The van der Waals surface area contributed by atoms with E-state index in [0.717, 1.165) is 5.56 Å². The topological polar surface area (TPSA) is 70.7 Å². The van der Waals surface area contributed by atoms with Gasteiger partial charge in [-0.2, -0.15) is 0 Å². The molecule has 0 radical (unpaired) electrons. The second-order valence-corrected chi connectivity index (χ2v) is 6.85. The van der Waals surface area contributed by atoms with Crippen LogP contribution >= 0.6 is 0 Å². The smallest absolute Gasteiger partial charge is 0.409 e. The van der Waals surface area contributed by atoms with Crippen molar-refractivity contribution in [1.82, 2.24) is 15.5 Å². The first-order chi connectivity index (χ1) is 12.4. The molecule has 144 valence electrons. The van der Waals surface area contributed by atoms with Crippen molar-refractivity contribution in [3.05, 3.63) is 35.6 Å². The van der Waals surface area contributed by atoms with Gasteiger partial charge in [0.25, 0.3) is 0 Å². The van der Waals surface area contributed by atoms with Gasteiger partial charge in [-0.1, -0.05) is 26.0 Å². The Hall–Kier alpha value is -2.31. The van der Waals surface area contributed by atoms with Crippen LogP contribution in [0, 0.1) is 11.7 Å². The second-order valence-electron chi connectivity index (χ2n) is 6.85. The summed E-state index contributed by atoms with van der Waals surface area (Å²) >= 11 is 0. The summed E-state index contributed by atoms with van der Waals surface area (Å²) in [5.74, 6) is -0.133.